The summed E-state index contributed by atoms with van der Waals surface area (Å²) >= 11 is 5.79. The quantitative estimate of drug-likeness (QED) is 0.777. The summed E-state index contributed by atoms with van der Waals surface area (Å²) in [4.78, 5) is 7.83. The number of halogens is 1. The maximum absolute atomic E-state index is 11.2. The summed E-state index contributed by atoms with van der Waals surface area (Å²) in [5.41, 5.74) is 6.12. The smallest absolute Gasteiger partial charge is 0.157 e. The molecule has 2 rings (SSSR count). The average Bonchev–Trinajstić information content (AvgIpc) is 2.28. The van der Waals surface area contributed by atoms with Gasteiger partial charge in [0.2, 0.25) is 0 Å². The Balaban J connectivity index is 2.04. The number of nitrogens with two attached hydrogens (primary N) is 1. The summed E-state index contributed by atoms with van der Waals surface area (Å²) in [6.45, 7) is 0. The Morgan fingerprint density at radius 2 is 2.12 bits per heavy atom. The molecular weight excluding hydrogens is 248 g/mol. The molecule has 1 aromatic heterocycles. The van der Waals surface area contributed by atoms with Crippen molar-refractivity contribution in [2.75, 3.05) is 22.6 Å². The zero-order valence-corrected chi connectivity index (χ0v) is 10.2. The first kappa shape index (κ1) is 11.6. The zero-order chi connectivity index (χ0) is 11.5. The van der Waals surface area contributed by atoms with Gasteiger partial charge >= 0.3 is 0 Å². The number of rotatable bonds is 2. The lowest BCUT2D eigenvalue weighted by molar-refractivity contribution is 0.622. The van der Waals surface area contributed by atoms with Crippen LogP contribution >= 0.6 is 11.6 Å². The van der Waals surface area contributed by atoms with Crippen molar-refractivity contribution in [3.8, 4) is 0 Å². The van der Waals surface area contributed by atoms with Crippen LogP contribution in [0.2, 0.25) is 5.15 Å². The van der Waals surface area contributed by atoms with Gasteiger partial charge < -0.3 is 11.1 Å². The van der Waals surface area contributed by atoms with Crippen LogP contribution in [-0.2, 0) is 10.8 Å². The van der Waals surface area contributed by atoms with E-state index < -0.39 is 10.8 Å². The molecule has 0 aliphatic carbocycles. The third kappa shape index (κ3) is 2.62. The van der Waals surface area contributed by atoms with Crippen LogP contribution < -0.4 is 11.1 Å². The maximum Gasteiger partial charge on any atom is 0.157 e. The van der Waals surface area contributed by atoms with Gasteiger partial charge in [-0.2, -0.15) is 0 Å². The SMILES string of the molecule is Nc1c(Cl)ncnc1NC1CCS(=O)CC1. The molecule has 16 heavy (non-hydrogen) atoms. The Kier molecular flexibility index (Phi) is 3.60. The molecule has 1 aliphatic rings. The number of nitrogens with one attached hydrogen (secondary N) is 1. The van der Waals surface area contributed by atoms with E-state index in [4.69, 9.17) is 17.3 Å². The second-order valence-corrected chi connectivity index (χ2v) is 5.75. The topological polar surface area (TPSA) is 80.9 Å². The molecule has 3 N–H and O–H groups in total. The Bertz CT molecular complexity index is 404. The molecule has 0 bridgehead atoms. The highest BCUT2D eigenvalue weighted by molar-refractivity contribution is 7.85. The second-order valence-electron chi connectivity index (χ2n) is 3.69. The maximum atomic E-state index is 11.2. The van der Waals surface area contributed by atoms with E-state index in [0.717, 1.165) is 24.3 Å². The van der Waals surface area contributed by atoms with Gasteiger partial charge in [0.15, 0.2) is 11.0 Å². The molecular formula is C9H13ClN4OS. The van der Waals surface area contributed by atoms with E-state index in [9.17, 15) is 4.21 Å². The van der Waals surface area contributed by atoms with Gasteiger partial charge in [-0.05, 0) is 12.8 Å². The Morgan fingerprint density at radius 3 is 2.81 bits per heavy atom. The highest BCUT2D eigenvalue weighted by Crippen LogP contribution is 2.24. The molecule has 88 valence electrons. The Morgan fingerprint density at radius 1 is 1.44 bits per heavy atom. The van der Waals surface area contributed by atoms with E-state index in [1.165, 1.54) is 6.33 Å². The summed E-state index contributed by atoms with van der Waals surface area (Å²) in [6.07, 6.45) is 3.11. The fourth-order valence-corrected chi connectivity index (χ4v) is 3.05. The van der Waals surface area contributed by atoms with Crippen molar-refractivity contribution in [3.63, 3.8) is 0 Å². The van der Waals surface area contributed by atoms with Crippen LogP contribution in [0, 0.1) is 0 Å². The molecule has 1 aliphatic heterocycles. The van der Waals surface area contributed by atoms with Crippen molar-refractivity contribution in [2.45, 2.75) is 18.9 Å². The summed E-state index contributed by atoms with van der Waals surface area (Å²) in [6, 6.07) is 0.269. The van der Waals surface area contributed by atoms with Crippen molar-refractivity contribution < 1.29 is 4.21 Å². The summed E-state index contributed by atoms with van der Waals surface area (Å²) < 4.78 is 11.2. The molecule has 0 amide bonds. The molecule has 0 radical (unpaired) electrons. The molecule has 0 unspecified atom stereocenters. The molecule has 2 heterocycles. The van der Waals surface area contributed by atoms with E-state index in [2.05, 4.69) is 15.3 Å². The number of hydrogen-bond donors (Lipinski definition) is 2. The molecule has 7 heteroatoms. The lowest BCUT2D eigenvalue weighted by Gasteiger charge is -2.23. The molecule has 0 saturated carbocycles. The van der Waals surface area contributed by atoms with Crippen LogP contribution in [-0.4, -0.2) is 31.7 Å². The van der Waals surface area contributed by atoms with Crippen molar-refractivity contribution >= 4 is 33.9 Å². The van der Waals surface area contributed by atoms with Gasteiger partial charge in [-0.3, -0.25) is 4.21 Å². The molecule has 0 spiro atoms. The van der Waals surface area contributed by atoms with Crippen molar-refractivity contribution in [1.82, 2.24) is 9.97 Å². The van der Waals surface area contributed by atoms with Gasteiger partial charge in [0.25, 0.3) is 0 Å². The van der Waals surface area contributed by atoms with E-state index in [-0.39, 0.29) is 11.2 Å². The predicted octanol–water partition coefficient (Wildman–Crippen LogP) is 1.04. The predicted molar refractivity (Wildman–Crippen MR) is 66.0 cm³/mol. The highest BCUT2D eigenvalue weighted by Gasteiger charge is 2.19. The lowest BCUT2D eigenvalue weighted by Crippen LogP contribution is -2.30. The van der Waals surface area contributed by atoms with E-state index in [1.807, 2.05) is 0 Å². The van der Waals surface area contributed by atoms with Crippen LogP contribution in [0.1, 0.15) is 12.8 Å². The third-order valence-electron chi connectivity index (χ3n) is 2.56. The van der Waals surface area contributed by atoms with E-state index >= 15 is 0 Å². The normalized spacial score (nSPS) is 25.3. The lowest BCUT2D eigenvalue weighted by atomic mass is 10.1. The van der Waals surface area contributed by atoms with Crippen LogP contribution in [0.25, 0.3) is 0 Å². The minimum absolute atomic E-state index is 0.261. The van der Waals surface area contributed by atoms with Crippen molar-refractivity contribution in [2.24, 2.45) is 0 Å². The first-order valence-corrected chi connectivity index (χ1v) is 6.91. The largest absolute Gasteiger partial charge is 0.393 e. The standard InChI is InChI=1S/C9H13ClN4OS/c10-8-7(11)9(13-5-12-8)14-6-1-3-16(15)4-2-6/h5-6H,1-4,11H2,(H,12,13,14). The van der Waals surface area contributed by atoms with Gasteiger partial charge in [-0.25, -0.2) is 9.97 Å². The Labute approximate surface area is 101 Å². The molecule has 1 fully saturated rings. The van der Waals surface area contributed by atoms with Crippen LogP contribution in [0.4, 0.5) is 11.5 Å². The highest BCUT2D eigenvalue weighted by atomic mass is 35.5. The van der Waals surface area contributed by atoms with E-state index in [0.29, 0.717) is 11.5 Å². The van der Waals surface area contributed by atoms with Crippen LogP contribution in [0.15, 0.2) is 6.33 Å². The molecule has 1 saturated heterocycles. The molecule has 1 aromatic rings. The van der Waals surface area contributed by atoms with E-state index in [1.54, 1.807) is 0 Å². The zero-order valence-electron chi connectivity index (χ0n) is 8.65. The van der Waals surface area contributed by atoms with Gasteiger partial charge in [-0.15, -0.1) is 0 Å². The number of anilines is 2. The first-order chi connectivity index (χ1) is 7.66. The molecule has 0 aromatic carbocycles. The molecule has 0 atom stereocenters. The van der Waals surface area contributed by atoms with Gasteiger partial charge in [0.05, 0.1) is 0 Å². The van der Waals surface area contributed by atoms with Gasteiger partial charge in [0.1, 0.15) is 12.0 Å². The third-order valence-corrected chi connectivity index (χ3v) is 4.25. The summed E-state index contributed by atoms with van der Waals surface area (Å²) in [7, 11) is -0.659. The number of nitrogens with zero attached hydrogens (tertiary/aromatic N) is 2. The second kappa shape index (κ2) is 4.97. The van der Waals surface area contributed by atoms with Crippen molar-refractivity contribution in [1.29, 1.82) is 0 Å². The summed E-state index contributed by atoms with van der Waals surface area (Å²) in [5.74, 6) is 2.03. The Hall–Kier alpha value is -0.880. The number of nitrogen functional groups attached to an aromatic ring is 1. The fourth-order valence-electron chi connectivity index (χ4n) is 1.62. The van der Waals surface area contributed by atoms with Gasteiger partial charge in [0, 0.05) is 28.3 Å². The minimum Gasteiger partial charge on any atom is -0.393 e. The first-order valence-electron chi connectivity index (χ1n) is 5.04. The number of hydrogen-bond acceptors (Lipinski definition) is 5. The monoisotopic (exact) mass is 260 g/mol. The van der Waals surface area contributed by atoms with Crippen LogP contribution in [0.5, 0.6) is 0 Å². The minimum atomic E-state index is -0.659. The van der Waals surface area contributed by atoms with Gasteiger partial charge in [-0.1, -0.05) is 11.6 Å². The van der Waals surface area contributed by atoms with Crippen LogP contribution in [0.3, 0.4) is 0 Å². The average molecular weight is 261 g/mol. The van der Waals surface area contributed by atoms with Crippen molar-refractivity contribution in [3.05, 3.63) is 11.5 Å². The fraction of sp³-hybridized carbons (Fsp3) is 0.556. The number of aromatic nitrogens is 2. The summed E-state index contributed by atoms with van der Waals surface area (Å²) in [5, 5.41) is 3.48. The molecule has 5 nitrogen and oxygen atoms in total.